The fourth-order valence-electron chi connectivity index (χ4n) is 2.48. The van der Waals surface area contributed by atoms with Gasteiger partial charge >= 0.3 is 5.97 Å². The summed E-state index contributed by atoms with van der Waals surface area (Å²) in [5, 5.41) is 15.9. The lowest BCUT2D eigenvalue weighted by Gasteiger charge is -2.14. The summed E-state index contributed by atoms with van der Waals surface area (Å²) < 4.78 is 18.5. The third-order valence-corrected chi connectivity index (χ3v) is 4.59. The molecular weight excluding hydrogens is 396 g/mol. The Labute approximate surface area is 173 Å². The lowest BCUT2D eigenvalue weighted by molar-refractivity contribution is -0.141. The van der Waals surface area contributed by atoms with Crippen LogP contribution in [-0.4, -0.2) is 65.2 Å². The molecule has 1 aromatic carbocycles. The van der Waals surface area contributed by atoms with Gasteiger partial charge in [-0.3, -0.25) is 9.59 Å². The van der Waals surface area contributed by atoms with Gasteiger partial charge in [0.1, 0.15) is 18.4 Å². The Hall–Kier alpha value is -2.56. The molecule has 158 valence electrons. The van der Waals surface area contributed by atoms with E-state index in [1.807, 2.05) is 25.1 Å². The van der Waals surface area contributed by atoms with Gasteiger partial charge in [0.25, 0.3) is 5.91 Å². The van der Waals surface area contributed by atoms with Gasteiger partial charge in [-0.25, -0.2) is 0 Å². The normalized spacial score (nSPS) is 12.8. The number of rotatable bonds is 12. The van der Waals surface area contributed by atoms with Crippen molar-refractivity contribution >= 4 is 23.6 Å². The molecule has 1 heterocycles. The predicted molar refractivity (Wildman–Crippen MR) is 108 cm³/mol. The minimum Gasteiger partial charge on any atom is -0.473 e. The highest BCUT2D eigenvalue weighted by atomic mass is 32.1. The van der Waals surface area contributed by atoms with Crippen molar-refractivity contribution in [3.63, 3.8) is 0 Å². The molecule has 0 saturated heterocycles. The number of amides is 1. The zero-order valence-electron chi connectivity index (χ0n) is 16.5. The van der Waals surface area contributed by atoms with Gasteiger partial charge in [-0.15, -0.1) is 4.37 Å². The van der Waals surface area contributed by atoms with Gasteiger partial charge in [0.05, 0.1) is 25.3 Å². The number of hydrogen-bond acceptors (Lipinski definition) is 9. The van der Waals surface area contributed by atoms with Gasteiger partial charge in [0.15, 0.2) is 0 Å². The lowest BCUT2D eigenvalue weighted by Crippen LogP contribution is -2.37. The number of esters is 1. The third kappa shape index (κ3) is 7.76. The molecular formula is C19H26N4O5S. The second-order valence-electron chi connectivity index (χ2n) is 6.43. The molecule has 2 unspecified atom stereocenters. The van der Waals surface area contributed by atoms with Gasteiger partial charge in [-0.1, -0.05) is 25.1 Å². The van der Waals surface area contributed by atoms with Crippen LogP contribution in [0.5, 0.6) is 5.88 Å². The minimum atomic E-state index is -0.759. The van der Waals surface area contributed by atoms with Crippen molar-refractivity contribution in [3.8, 4) is 5.88 Å². The molecule has 2 aromatic rings. The smallest absolute Gasteiger partial charge is 0.306 e. The van der Waals surface area contributed by atoms with Crippen LogP contribution in [0.2, 0.25) is 0 Å². The molecule has 0 aliphatic rings. The van der Waals surface area contributed by atoms with Gasteiger partial charge in [-0.2, -0.15) is 4.37 Å². The zero-order valence-corrected chi connectivity index (χ0v) is 17.3. The third-order valence-electron chi connectivity index (χ3n) is 4.07. The Morgan fingerprint density at radius 3 is 2.69 bits per heavy atom. The topological polar surface area (TPSA) is 123 Å². The molecule has 0 radical (unpaired) electrons. The van der Waals surface area contributed by atoms with Crippen LogP contribution in [-0.2, 0) is 9.53 Å². The number of benzene rings is 1. The first kappa shape index (κ1) is 22.7. The van der Waals surface area contributed by atoms with Crippen molar-refractivity contribution in [1.82, 2.24) is 19.4 Å². The molecule has 0 fully saturated rings. The van der Waals surface area contributed by atoms with E-state index >= 15 is 0 Å². The summed E-state index contributed by atoms with van der Waals surface area (Å²) in [5.41, 5.74) is 1.18. The van der Waals surface area contributed by atoms with E-state index < -0.39 is 6.10 Å². The highest BCUT2D eigenvalue weighted by molar-refractivity contribution is 6.99. The Morgan fingerprint density at radius 1 is 1.21 bits per heavy atom. The first-order chi connectivity index (χ1) is 14.0. The summed E-state index contributed by atoms with van der Waals surface area (Å²) >= 11 is 0.992. The number of ether oxygens (including phenoxy) is 2. The summed E-state index contributed by atoms with van der Waals surface area (Å²) in [4.78, 5) is 23.3. The van der Waals surface area contributed by atoms with Crippen LogP contribution < -0.4 is 15.4 Å². The van der Waals surface area contributed by atoms with Gasteiger partial charge in [0, 0.05) is 31.1 Å². The average molecular weight is 423 g/mol. The van der Waals surface area contributed by atoms with Gasteiger partial charge < -0.3 is 25.2 Å². The highest BCUT2D eigenvalue weighted by Gasteiger charge is 2.20. The van der Waals surface area contributed by atoms with Crippen molar-refractivity contribution in [2.24, 2.45) is 0 Å². The number of hydrogen-bond donors (Lipinski definition) is 3. The lowest BCUT2D eigenvalue weighted by atomic mass is 10.0. The Bertz CT molecular complexity index is 771. The van der Waals surface area contributed by atoms with Crippen LogP contribution >= 0.6 is 11.7 Å². The number of carbonyl (C=O) groups is 2. The Kier molecular flexibility index (Phi) is 9.48. The summed E-state index contributed by atoms with van der Waals surface area (Å²) in [5.74, 6) is -0.346. The number of nitrogens with zero attached hydrogens (tertiary/aromatic N) is 2. The first-order valence-electron chi connectivity index (χ1n) is 9.25. The van der Waals surface area contributed by atoms with Crippen molar-refractivity contribution < 1.29 is 24.2 Å². The van der Waals surface area contributed by atoms with E-state index in [1.54, 1.807) is 12.1 Å². The van der Waals surface area contributed by atoms with E-state index in [-0.39, 0.29) is 30.8 Å². The van der Waals surface area contributed by atoms with E-state index in [0.717, 1.165) is 11.7 Å². The van der Waals surface area contributed by atoms with Crippen molar-refractivity contribution in [2.45, 2.75) is 25.4 Å². The van der Waals surface area contributed by atoms with Crippen LogP contribution in [0.15, 0.2) is 30.3 Å². The number of methoxy groups -OCH3 is 1. The maximum absolute atomic E-state index is 11.9. The second kappa shape index (κ2) is 12.1. The van der Waals surface area contributed by atoms with Crippen LogP contribution in [0.25, 0.3) is 0 Å². The summed E-state index contributed by atoms with van der Waals surface area (Å²) in [6.45, 7) is 3.11. The molecule has 0 aliphatic carbocycles. The Balaban J connectivity index is 1.64. The molecule has 9 nitrogen and oxygen atoms in total. The molecule has 29 heavy (non-hydrogen) atoms. The number of aromatic nitrogens is 2. The molecule has 2 atom stereocenters. The molecule has 1 amide bonds. The molecule has 10 heteroatoms. The summed E-state index contributed by atoms with van der Waals surface area (Å²) in [6, 6.07) is 8.97. The molecule has 3 N–H and O–H groups in total. The molecule has 0 saturated carbocycles. The van der Waals surface area contributed by atoms with Crippen LogP contribution in [0.4, 0.5) is 0 Å². The quantitative estimate of drug-likeness (QED) is 0.342. The van der Waals surface area contributed by atoms with E-state index in [9.17, 15) is 14.7 Å². The number of nitrogens with one attached hydrogen (secondary N) is 2. The number of aliphatic hydroxyl groups excluding tert-OH is 1. The van der Waals surface area contributed by atoms with E-state index in [0.29, 0.717) is 36.8 Å². The van der Waals surface area contributed by atoms with E-state index in [4.69, 9.17) is 4.74 Å². The zero-order chi connectivity index (χ0) is 21.1. The predicted octanol–water partition coefficient (Wildman–Crippen LogP) is 0.964. The van der Waals surface area contributed by atoms with Crippen molar-refractivity contribution in [2.75, 3.05) is 33.4 Å². The largest absolute Gasteiger partial charge is 0.473 e. The van der Waals surface area contributed by atoms with Crippen LogP contribution in [0, 0.1) is 0 Å². The molecule has 0 spiro atoms. The SMILES string of the molecule is COC(=O)CC(C)c1nsnc1OCC(O)CNCCNC(=O)c1ccccc1. The average Bonchev–Trinajstić information content (AvgIpc) is 3.21. The molecule has 1 aromatic heterocycles. The maximum atomic E-state index is 11.9. The number of aliphatic hydroxyl groups is 1. The molecule has 0 aliphatic heterocycles. The van der Waals surface area contributed by atoms with Gasteiger partial charge in [0.2, 0.25) is 5.88 Å². The highest BCUT2D eigenvalue weighted by Crippen LogP contribution is 2.27. The number of carbonyl (C=O) groups excluding carboxylic acids is 2. The van der Waals surface area contributed by atoms with Crippen molar-refractivity contribution in [3.05, 3.63) is 41.6 Å². The van der Waals surface area contributed by atoms with Crippen molar-refractivity contribution in [1.29, 1.82) is 0 Å². The van der Waals surface area contributed by atoms with Gasteiger partial charge in [-0.05, 0) is 12.1 Å². The van der Waals surface area contributed by atoms with Crippen LogP contribution in [0.1, 0.15) is 35.3 Å². The summed E-state index contributed by atoms with van der Waals surface area (Å²) in [6.07, 6.45) is -0.581. The standard InChI is InChI=1S/C19H26N4O5S/c1-13(10-16(25)27-2)17-19(23-29-22-17)28-12-15(24)11-20-8-9-21-18(26)14-6-4-3-5-7-14/h3-7,13,15,20,24H,8-12H2,1-2H3,(H,21,26). The second-order valence-corrected chi connectivity index (χ2v) is 6.96. The van der Waals surface area contributed by atoms with E-state index in [2.05, 4.69) is 24.1 Å². The summed E-state index contributed by atoms with van der Waals surface area (Å²) in [7, 11) is 1.34. The Morgan fingerprint density at radius 2 is 1.97 bits per heavy atom. The molecule has 2 rings (SSSR count). The first-order valence-corrected chi connectivity index (χ1v) is 9.98. The fourth-order valence-corrected chi connectivity index (χ4v) is 3.08. The minimum absolute atomic E-state index is 0.0345. The fraction of sp³-hybridized carbons (Fsp3) is 0.474. The monoisotopic (exact) mass is 422 g/mol. The van der Waals surface area contributed by atoms with E-state index in [1.165, 1.54) is 7.11 Å². The maximum Gasteiger partial charge on any atom is 0.306 e. The molecule has 0 bridgehead atoms. The van der Waals surface area contributed by atoms with Crippen LogP contribution in [0.3, 0.4) is 0 Å².